The van der Waals surface area contributed by atoms with Gasteiger partial charge < -0.3 is 18.9 Å². The van der Waals surface area contributed by atoms with Gasteiger partial charge in [-0.15, -0.1) is 0 Å². The van der Waals surface area contributed by atoms with Gasteiger partial charge in [-0.2, -0.15) is 0 Å². The Hall–Kier alpha value is -2.14. The molecule has 2 rings (SSSR count). The van der Waals surface area contributed by atoms with Crippen LogP contribution in [0, 0.1) is 0 Å². The summed E-state index contributed by atoms with van der Waals surface area (Å²) in [7, 11) is 4.27. The lowest BCUT2D eigenvalue weighted by molar-refractivity contribution is 0.122. The molecule has 0 spiro atoms. The average Bonchev–Trinajstić information content (AvgIpc) is 2.46. The van der Waals surface area contributed by atoms with Crippen LogP contribution in [0.25, 0.3) is 10.8 Å². The fraction of sp³-hybridized carbons (Fsp3) is 0.214. The van der Waals surface area contributed by atoms with Gasteiger partial charge in [0.2, 0.25) is 0 Å². The van der Waals surface area contributed by atoms with E-state index < -0.39 is 6.16 Å². The zero-order valence-electron chi connectivity index (χ0n) is 11.2. The zero-order chi connectivity index (χ0) is 14.7. The van der Waals surface area contributed by atoms with E-state index in [9.17, 15) is 4.79 Å². The Morgan fingerprint density at radius 1 is 1.00 bits per heavy atom. The first-order valence-electron chi connectivity index (χ1n) is 5.70. The third kappa shape index (κ3) is 2.58. The maximum atomic E-state index is 11.3. The van der Waals surface area contributed by atoms with E-state index in [2.05, 4.69) is 4.74 Å². The van der Waals surface area contributed by atoms with E-state index in [1.165, 1.54) is 21.3 Å². The lowest BCUT2D eigenvalue weighted by atomic mass is 10.1. The van der Waals surface area contributed by atoms with Gasteiger partial charge >= 0.3 is 6.16 Å². The molecular formula is C14H13ClO5. The van der Waals surface area contributed by atoms with Crippen molar-refractivity contribution >= 4 is 28.5 Å². The van der Waals surface area contributed by atoms with Crippen LogP contribution in [0.2, 0.25) is 5.02 Å². The van der Waals surface area contributed by atoms with Crippen molar-refractivity contribution in [1.29, 1.82) is 0 Å². The topological polar surface area (TPSA) is 54.0 Å². The second-order valence-corrected chi connectivity index (χ2v) is 4.29. The van der Waals surface area contributed by atoms with Crippen molar-refractivity contribution in [3.8, 4) is 17.2 Å². The van der Waals surface area contributed by atoms with E-state index in [0.29, 0.717) is 21.9 Å². The van der Waals surface area contributed by atoms with Gasteiger partial charge in [0.25, 0.3) is 0 Å². The molecule has 0 aliphatic carbocycles. The molecule has 2 aromatic rings. The maximum absolute atomic E-state index is 11.3. The summed E-state index contributed by atoms with van der Waals surface area (Å²) >= 11 is 5.99. The Labute approximate surface area is 120 Å². The second kappa shape index (κ2) is 5.88. The first-order chi connectivity index (χ1) is 9.60. The van der Waals surface area contributed by atoms with E-state index in [4.69, 9.17) is 25.8 Å². The molecule has 0 fully saturated rings. The maximum Gasteiger partial charge on any atom is 0.513 e. The summed E-state index contributed by atoms with van der Waals surface area (Å²) in [5, 5.41) is 1.86. The third-order valence-electron chi connectivity index (χ3n) is 2.76. The molecule has 0 heterocycles. The first kappa shape index (κ1) is 14.3. The highest BCUT2D eigenvalue weighted by atomic mass is 35.5. The fourth-order valence-corrected chi connectivity index (χ4v) is 2.06. The van der Waals surface area contributed by atoms with Gasteiger partial charge in [0.1, 0.15) is 5.75 Å². The van der Waals surface area contributed by atoms with Gasteiger partial charge in [0.05, 0.1) is 21.3 Å². The number of hydrogen-bond donors (Lipinski definition) is 0. The minimum absolute atomic E-state index is 0.284. The second-order valence-electron chi connectivity index (χ2n) is 3.86. The lowest BCUT2D eigenvalue weighted by Crippen LogP contribution is -2.08. The van der Waals surface area contributed by atoms with E-state index in [-0.39, 0.29) is 5.75 Å². The smallest absolute Gasteiger partial charge is 0.493 e. The van der Waals surface area contributed by atoms with Gasteiger partial charge in [-0.3, -0.25) is 0 Å². The Morgan fingerprint density at radius 3 is 2.35 bits per heavy atom. The Bertz CT molecular complexity index is 654. The molecule has 0 aromatic heterocycles. The highest BCUT2D eigenvalue weighted by Crippen LogP contribution is 2.42. The summed E-state index contributed by atoms with van der Waals surface area (Å²) < 4.78 is 20.2. The Balaban J connectivity index is 2.72. The van der Waals surface area contributed by atoms with Crippen LogP contribution in [0.4, 0.5) is 4.79 Å². The van der Waals surface area contributed by atoms with Crippen LogP contribution in [-0.4, -0.2) is 27.5 Å². The summed E-state index contributed by atoms with van der Waals surface area (Å²) in [6.45, 7) is 0. The predicted octanol–water partition coefficient (Wildman–Crippen LogP) is 3.66. The number of hydrogen-bond acceptors (Lipinski definition) is 5. The number of carbonyl (C=O) groups excluding carboxylic acids is 1. The number of ether oxygens (including phenoxy) is 4. The molecule has 0 aliphatic heterocycles. The SMILES string of the molecule is COC(=O)Oc1cc(OC)c(OC)c2ccc(Cl)cc12. The number of benzene rings is 2. The average molecular weight is 297 g/mol. The minimum Gasteiger partial charge on any atom is -0.493 e. The standard InChI is InChI=1S/C14H13ClO5/c1-17-12-7-11(20-14(16)19-3)10-6-8(15)4-5-9(10)13(12)18-2/h4-7H,1-3H3. The van der Waals surface area contributed by atoms with Crippen molar-refractivity contribution in [2.24, 2.45) is 0 Å². The van der Waals surface area contributed by atoms with Crippen molar-refractivity contribution in [3.05, 3.63) is 29.3 Å². The van der Waals surface area contributed by atoms with Crippen molar-refractivity contribution in [2.45, 2.75) is 0 Å². The molecule has 5 nitrogen and oxygen atoms in total. The van der Waals surface area contributed by atoms with Crippen molar-refractivity contribution in [3.63, 3.8) is 0 Å². The van der Waals surface area contributed by atoms with Gasteiger partial charge in [-0.05, 0) is 18.2 Å². The summed E-state index contributed by atoms with van der Waals surface area (Å²) in [5.74, 6) is 1.27. The number of carbonyl (C=O) groups is 1. The lowest BCUT2D eigenvalue weighted by Gasteiger charge is -2.14. The van der Waals surface area contributed by atoms with Crippen LogP contribution in [-0.2, 0) is 4.74 Å². The molecule has 6 heteroatoms. The Kier molecular flexibility index (Phi) is 4.20. The molecule has 0 bridgehead atoms. The van der Waals surface area contributed by atoms with Crippen LogP contribution in [0.5, 0.6) is 17.2 Å². The number of methoxy groups -OCH3 is 3. The van der Waals surface area contributed by atoms with Crippen LogP contribution >= 0.6 is 11.6 Å². The van der Waals surface area contributed by atoms with Crippen LogP contribution in [0.3, 0.4) is 0 Å². The van der Waals surface area contributed by atoms with E-state index >= 15 is 0 Å². The fourth-order valence-electron chi connectivity index (χ4n) is 1.89. The van der Waals surface area contributed by atoms with E-state index in [1.54, 1.807) is 24.3 Å². The molecule has 0 aliphatic rings. The quantitative estimate of drug-likeness (QED) is 0.639. The highest BCUT2D eigenvalue weighted by molar-refractivity contribution is 6.31. The molecule has 0 saturated heterocycles. The van der Waals surface area contributed by atoms with E-state index in [1.807, 2.05) is 0 Å². The molecule has 0 amide bonds. The predicted molar refractivity (Wildman–Crippen MR) is 75.1 cm³/mol. The van der Waals surface area contributed by atoms with Crippen molar-refractivity contribution < 1.29 is 23.7 Å². The largest absolute Gasteiger partial charge is 0.513 e. The number of rotatable bonds is 3. The van der Waals surface area contributed by atoms with Crippen molar-refractivity contribution in [1.82, 2.24) is 0 Å². The summed E-state index contributed by atoms with van der Waals surface area (Å²) in [6, 6.07) is 6.71. The zero-order valence-corrected chi connectivity index (χ0v) is 12.0. The normalized spacial score (nSPS) is 10.2. The molecule has 0 N–H and O–H groups in total. The highest BCUT2D eigenvalue weighted by Gasteiger charge is 2.17. The van der Waals surface area contributed by atoms with E-state index in [0.717, 1.165) is 5.39 Å². The molecule has 0 saturated carbocycles. The molecule has 20 heavy (non-hydrogen) atoms. The first-order valence-corrected chi connectivity index (χ1v) is 6.08. The van der Waals surface area contributed by atoms with Gasteiger partial charge in [0.15, 0.2) is 11.5 Å². The van der Waals surface area contributed by atoms with Gasteiger partial charge in [-0.25, -0.2) is 4.79 Å². The summed E-state index contributed by atoms with van der Waals surface area (Å²) in [5.41, 5.74) is 0. The molecule has 0 atom stereocenters. The number of fused-ring (bicyclic) bond motifs is 1. The van der Waals surface area contributed by atoms with Gasteiger partial charge in [0, 0.05) is 21.9 Å². The summed E-state index contributed by atoms with van der Waals surface area (Å²) in [6.07, 6.45) is -0.821. The molecular weight excluding hydrogens is 284 g/mol. The van der Waals surface area contributed by atoms with Crippen LogP contribution in [0.1, 0.15) is 0 Å². The number of halogens is 1. The minimum atomic E-state index is -0.821. The Morgan fingerprint density at radius 2 is 1.75 bits per heavy atom. The summed E-state index contributed by atoms with van der Waals surface area (Å²) in [4.78, 5) is 11.3. The van der Waals surface area contributed by atoms with Gasteiger partial charge in [-0.1, -0.05) is 11.6 Å². The molecule has 106 valence electrons. The monoisotopic (exact) mass is 296 g/mol. The van der Waals surface area contributed by atoms with Crippen LogP contribution in [0.15, 0.2) is 24.3 Å². The van der Waals surface area contributed by atoms with Crippen LogP contribution < -0.4 is 14.2 Å². The molecule has 2 aromatic carbocycles. The molecule has 0 radical (unpaired) electrons. The van der Waals surface area contributed by atoms with Crippen molar-refractivity contribution in [2.75, 3.05) is 21.3 Å². The molecule has 0 unspecified atom stereocenters. The third-order valence-corrected chi connectivity index (χ3v) is 3.00.